The van der Waals surface area contributed by atoms with Crippen molar-refractivity contribution in [2.75, 3.05) is 11.9 Å². The van der Waals surface area contributed by atoms with Gasteiger partial charge >= 0.3 is 0 Å². The molecule has 2 aromatic carbocycles. The molecule has 0 fully saturated rings. The first kappa shape index (κ1) is 16.3. The first-order valence-corrected chi connectivity index (χ1v) is 8.62. The number of anilines is 1. The molecule has 130 valence electrons. The number of aliphatic hydroxyl groups excluding tert-OH is 1. The monoisotopic (exact) mass is 344 g/mol. The number of hydrogen-bond donors (Lipinski definition) is 2. The molecule has 0 bridgehead atoms. The molecule has 4 aromatic rings. The van der Waals surface area contributed by atoms with Gasteiger partial charge < -0.3 is 15.0 Å². The Morgan fingerprint density at radius 1 is 0.923 bits per heavy atom. The molecule has 1 atom stereocenters. The van der Waals surface area contributed by atoms with Crippen molar-refractivity contribution in [2.24, 2.45) is 0 Å². The van der Waals surface area contributed by atoms with E-state index in [2.05, 4.69) is 32.0 Å². The van der Waals surface area contributed by atoms with Crippen molar-refractivity contribution < 1.29 is 5.11 Å². The molecule has 2 heterocycles. The number of aliphatic hydroxyl groups is 1. The second-order valence-corrected chi connectivity index (χ2v) is 6.20. The summed E-state index contributed by atoms with van der Waals surface area (Å²) in [5.74, 6) is 0.733. The Kier molecular flexibility index (Phi) is 4.62. The van der Waals surface area contributed by atoms with E-state index in [4.69, 9.17) is 0 Å². The van der Waals surface area contributed by atoms with Gasteiger partial charge in [-0.1, -0.05) is 60.7 Å². The van der Waals surface area contributed by atoms with E-state index < -0.39 is 6.10 Å². The van der Waals surface area contributed by atoms with Crippen molar-refractivity contribution in [2.45, 2.75) is 12.6 Å². The van der Waals surface area contributed by atoms with Gasteiger partial charge in [0.15, 0.2) is 0 Å². The molecule has 0 aliphatic carbocycles. The fraction of sp³-hybridized carbons (Fsp3) is 0.143. The minimum Gasteiger partial charge on any atom is -0.387 e. The van der Waals surface area contributed by atoms with Gasteiger partial charge in [0.1, 0.15) is 17.8 Å². The van der Waals surface area contributed by atoms with Crippen LogP contribution in [0.25, 0.3) is 11.0 Å². The largest absolute Gasteiger partial charge is 0.387 e. The number of benzene rings is 2. The third kappa shape index (κ3) is 3.43. The molecule has 26 heavy (non-hydrogen) atoms. The molecule has 2 aromatic heterocycles. The predicted molar refractivity (Wildman–Crippen MR) is 103 cm³/mol. The maximum absolute atomic E-state index is 10.3. The molecule has 5 nitrogen and oxygen atoms in total. The maximum atomic E-state index is 10.3. The topological polar surface area (TPSA) is 63.0 Å². The average molecular weight is 344 g/mol. The molecule has 0 saturated heterocycles. The number of fused-ring (bicyclic) bond motifs is 1. The Labute approximate surface area is 152 Å². The van der Waals surface area contributed by atoms with E-state index in [0.717, 1.165) is 29.0 Å². The van der Waals surface area contributed by atoms with Crippen LogP contribution in [0.3, 0.4) is 0 Å². The minimum atomic E-state index is -0.590. The first-order valence-electron chi connectivity index (χ1n) is 8.62. The van der Waals surface area contributed by atoms with Gasteiger partial charge in [0.05, 0.1) is 11.5 Å². The highest BCUT2D eigenvalue weighted by atomic mass is 16.3. The van der Waals surface area contributed by atoms with Crippen LogP contribution in [0, 0.1) is 0 Å². The standard InChI is InChI=1S/C21H20N4O/c26-19(17-9-5-2-6-10-17)13-22-20-18-11-12-25(21(18)24-15-23-20)14-16-7-3-1-4-8-16/h1-12,15,19,26H,13-14H2,(H,22,23,24). The number of rotatable bonds is 6. The Hall–Kier alpha value is -3.18. The summed E-state index contributed by atoms with van der Waals surface area (Å²) in [7, 11) is 0. The molecule has 2 N–H and O–H groups in total. The van der Waals surface area contributed by atoms with Crippen LogP contribution < -0.4 is 5.32 Å². The van der Waals surface area contributed by atoms with Crippen molar-refractivity contribution >= 4 is 16.9 Å². The molecule has 5 heteroatoms. The summed E-state index contributed by atoms with van der Waals surface area (Å²) in [6.45, 7) is 1.15. The summed E-state index contributed by atoms with van der Waals surface area (Å²) in [6, 6.07) is 21.9. The zero-order valence-corrected chi connectivity index (χ0v) is 14.3. The molecule has 0 amide bonds. The zero-order valence-electron chi connectivity index (χ0n) is 14.3. The Morgan fingerprint density at radius 2 is 1.65 bits per heavy atom. The van der Waals surface area contributed by atoms with E-state index in [1.54, 1.807) is 6.33 Å². The van der Waals surface area contributed by atoms with Gasteiger partial charge in [-0.05, 0) is 17.2 Å². The van der Waals surface area contributed by atoms with Gasteiger partial charge in [-0.25, -0.2) is 9.97 Å². The lowest BCUT2D eigenvalue weighted by Crippen LogP contribution is -2.13. The van der Waals surface area contributed by atoms with Crippen LogP contribution >= 0.6 is 0 Å². The fourth-order valence-corrected chi connectivity index (χ4v) is 3.04. The van der Waals surface area contributed by atoms with Gasteiger partial charge in [-0.2, -0.15) is 0 Å². The van der Waals surface area contributed by atoms with Crippen molar-refractivity contribution in [3.8, 4) is 0 Å². The quantitative estimate of drug-likeness (QED) is 0.561. The van der Waals surface area contributed by atoms with Crippen LogP contribution in [0.1, 0.15) is 17.2 Å². The van der Waals surface area contributed by atoms with Crippen LogP contribution in [-0.2, 0) is 6.54 Å². The van der Waals surface area contributed by atoms with E-state index in [0.29, 0.717) is 6.54 Å². The first-order chi connectivity index (χ1) is 12.8. The van der Waals surface area contributed by atoms with Crippen LogP contribution in [0.2, 0.25) is 0 Å². The maximum Gasteiger partial charge on any atom is 0.145 e. The van der Waals surface area contributed by atoms with Gasteiger partial charge in [0, 0.05) is 19.3 Å². The molecule has 4 rings (SSSR count). The Morgan fingerprint density at radius 3 is 2.42 bits per heavy atom. The summed E-state index contributed by atoms with van der Waals surface area (Å²) in [4.78, 5) is 8.78. The normalized spacial score (nSPS) is 12.2. The highest BCUT2D eigenvalue weighted by molar-refractivity contribution is 5.87. The lowest BCUT2D eigenvalue weighted by atomic mass is 10.1. The van der Waals surface area contributed by atoms with Crippen LogP contribution in [-0.4, -0.2) is 26.2 Å². The van der Waals surface area contributed by atoms with E-state index >= 15 is 0 Å². The number of aromatic nitrogens is 3. The Balaban J connectivity index is 1.53. The summed E-state index contributed by atoms with van der Waals surface area (Å²) in [6.07, 6.45) is 2.99. The van der Waals surface area contributed by atoms with E-state index in [9.17, 15) is 5.11 Å². The third-order valence-electron chi connectivity index (χ3n) is 4.40. The van der Waals surface area contributed by atoms with E-state index in [1.165, 1.54) is 5.56 Å². The van der Waals surface area contributed by atoms with Gasteiger partial charge in [0.2, 0.25) is 0 Å². The zero-order chi connectivity index (χ0) is 17.8. The number of nitrogens with zero attached hydrogens (tertiary/aromatic N) is 3. The van der Waals surface area contributed by atoms with Crippen molar-refractivity contribution in [3.05, 3.63) is 90.4 Å². The molecule has 1 unspecified atom stereocenters. The SMILES string of the molecule is OC(CNc1ncnc2c1ccn2Cc1ccccc1)c1ccccc1. The molecule has 0 aliphatic rings. The molecule has 0 radical (unpaired) electrons. The lowest BCUT2D eigenvalue weighted by Gasteiger charge is -2.13. The second-order valence-electron chi connectivity index (χ2n) is 6.20. The van der Waals surface area contributed by atoms with E-state index in [-0.39, 0.29) is 0 Å². The highest BCUT2D eigenvalue weighted by Crippen LogP contribution is 2.22. The average Bonchev–Trinajstić information content (AvgIpc) is 3.11. The van der Waals surface area contributed by atoms with Crippen LogP contribution in [0.15, 0.2) is 79.3 Å². The predicted octanol–water partition coefficient (Wildman–Crippen LogP) is 3.63. The molecule has 0 spiro atoms. The van der Waals surface area contributed by atoms with Crippen molar-refractivity contribution in [1.29, 1.82) is 0 Å². The van der Waals surface area contributed by atoms with E-state index in [1.807, 2.05) is 60.8 Å². The molecular formula is C21H20N4O. The molecular weight excluding hydrogens is 324 g/mol. The number of nitrogens with one attached hydrogen (secondary N) is 1. The summed E-state index contributed by atoms with van der Waals surface area (Å²) in [5.41, 5.74) is 2.98. The van der Waals surface area contributed by atoms with Gasteiger partial charge in [-0.3, -0.25) is 0 Å². The molecule has 0 saturated carbocycles. The summed E-state index contributed by atoms with van der Waals surface area (Å²) >= 11 is 0. The van der Waals surface area contributed by atoms with Crippen LogP contribution in [0.4, 0.5) is 5.82 Å². The van der Waals surface area contributed by atoms with Gasteiger partial charge in [-0.15, -0.1) is 0 Å². The number of hydrogen-bond acceptors (Lipinski definition) is 4. The Bertz CT molecular complexity index is 983. The van der Waals surface area contributed by atoms with Gasteiger partial charge in [0.25, 0.3) is 0 Å². The molecule has 0 aliphatic heterocycles. The third-order valence-corrected chi connectivity index (χ3v) is 4.40. The minimum absolute atomic E-state index is 0.389. The fourth-order valence-electron chi connectivity index (χ4n) is 3.04. The van der Waals surface area contributed by atoms with Crippen molar-refractivity contribution in [1.82, 2.24) is 14.5 Å². The highest BCUT2D eigenvalue weighted by Gasteiger charge is 2.11. The summed E-state index contributed by atoms with van der Waals surface area (Å²) < 4.78 is 2.10. The van der Waals surface area contributed by atoms with Crippen LogP contribution in [0.5, 0.6) is 0 Å². The summed E-state index contributed by atoms with van der Waals surface area (Å²) in [5, 5.41) is 14.5. The smallest absolute Gasteiger partial charge is 0.145 e. The second kappa shape index (κ2) is 7.37. The lowest BCUT2D eigenvalue weighted by molar-refractivity contribution is 0.191. The van der Waals surface area contributed by atoms with Crippen molar-refractivity contribution in [3.63, 3.8) is 0 Å².